The van der Waals surface area contributed by atoms with Crippen LogP contribution < -0.4 is 10.6 Å². The maximum Gasteiger partial charge on any atom is 0.193 e. The van der Waals surface area contributed by atoms with Gasteiger partial charge in [-0.2, -0.15) is 5.10 Å². The van der Waals surface area contributed by atoms with E-state index in [-0.39, 0.29) is 24.0 Å². The first kappa shape index (κ1) is 24.2. The van der Waals surface area contributed by atoms with Gasteiger partial charge in [0, 0.05) is 46.2 Å². The normalized spacial score (nSPS) is 16.2. The Hall–Kier alpha value is -2.47. The lowest BCUT2D eigenvalue weighted by molar-refractivity contribution is 0.0907. The van der Waals surface area contributed by atoms with Crippen LogP contribution in [0.4, 0.5) is 5.82 Å². The van der Waals surface area contributed by atoms with E-state index < -0.39 is 0 Å². The van der Waals surface area contributed by atoms with E-state index in [1.807, 2.05) is 32.3 Å². The zero-order chi connectivity index (χ0) is 21.5. The van der Waals surface area contributed by atoms with E-state index >= 15 is 0 Å². The zero-order valence-corrected chi connectivity index (χ0v) is 20.9. The van der Waals surface area contributed by atoms with Crippen molar-refractivity contribution in [2.24, 2.45) is 18.0 Å². The van der Waals surface area contributed by atoms with Gasteiger partial charge in [0.05, 0.1) is 24.8 Å². The number of nitrogens with zero attached hydrogens (tertiary/aromatic N) is 6. The van der Waals surface area contributed by atoms with E-state index in [1.54, 1.807) is 17.2 Å². The van der Waals surface area contributed by atoms with Gasteiger partial charge in [0.2, 0.25) is 0 Å². The monoisotopic (exact) mass is 550 g/mol. The second-order valence-corrected chi connectivity index (χ2v) is 7.73. The summed E-state index contributed by atoms with van der Waals surface area (Å²) in [6.07, 6.45) is 4.46. The molecule has 2 aromatic heterocycles. The molecule has 1 fully saturated rings. The molecular formula is C22H31IN8O. The number of aliphatic imine (C=N–C) groups is 1. The lowest BCUT2D eigenvalue weighted by Gasteiger charge is -2.22. The molecule has 0 bridgehead atoms. The first-order valence-electron chi connectivity index (χ1n) is 10.7. The fraction of sp³-hybridized carbons (Fsp3) is 0.455. The number of anilines is 1. The highest BCUT2D eigenvalue weighted by Gasteiger charge is 2.24. The number of likely N-dealkylation sites (tertiary alicyclic amines) is 1. The second kappa shape index (κ2) is 12.0. The fourth-order valence-electron chi connectivity index (χ4n) is 3.87. The van der Waals surface area contributed by atoms with Gasteiger partial charge in [-0.1, -0.05) is 30.3 Å². The number of aromatic nitrogens is 4. The Balaban J connectivity index is 0.00000289. The molecule has 32 heavy (non-hydrogen) atoms. The molecule has 0 amide bonds. The predicted octanol–water partition coefficient (Wildman–Crippen LogP) is 2.51. The molecule has 1 aromatic carbocycles. The van der Waals surface area contributed by atoms with E-state index in [0.717, 1.165) is 62.0 Å². The van der Waals surface area contributed by atoms with Crippen molar-refractivity contribution >= 4 is 46.8 Å². The maximum atomic E-state index is 5.93. The number of rotatable bonds is 8. The minimum Gasteiger partial charge on any atom is -0.376 e. The predicted molar refractivity (Wildman–Crippen MR) is 137 cm³/mol. The van der Waals surface area contributed by atoms with Crippen LogP contribution in [0.2, 0.25) is 0 Å². The van der Waals surface area contributed by atoms with E-state index in [0.29, 0.717) is 12.5 Å². The van der Waals surface area contributed by atoms with Crippen LogP contribution in [0.25, 0.3) is 11.0 Å². The molecule has 1 atom stereocenters. The van der Waals surface area contributed by atoms with E-state index in [9.17, 15) is 0 Å². The van der Waals surface area contributed by atoms with Crippen LogP contribution in [0.3, 0.4) is 0 Å². The standard InChI is InChI=1S/C22H30N8O.HI/c1-23-22(25-10-9-24-20-19-12-28-29(2)21(19)27-16-26-20)30-11-8-18(13-30)15-31-14-17-6-4-3-5-7-17;/h3-7,12,16,18H,8-11,13-15H2,1-2H3,(H,23,25)(H,24,26,27);1H. The Morgan fingerprint density at radius 2 is 2.06 bits per heavy atom. The molecule has 1 aliphatic heterocycles. The molecule has 2 N–H and O–H groups in total. The van der Waals surface area contributed by atoms with Crippen LogP contribution in [0.1, 0.15) is 12.0 Å². The summed E-state index contributed by atoms with van der Waals surface area (Å²) in [5, 5.41) is 12.0. The molecule has 0 radical (unpaired) electrons. The average Bonchev–Trinajstić information content (AvgIpc) is 3.42. The number of aryl methyl sites for hydroxylation is 1. The van der Waals surface area contributed by atoms with Gasteiger partial charge < -0.3 is 20.3 Å². The molecule has 4 rings (SSSR count). The molecule has 3 aromatic rings. The summed E-state index contributed by atoms with van der Waals surface area (Å²) >= 11 is 0. The molecular weight excluding hydrogens is 519 g/mol. The summed E-state index contributed by atoms with van der Waals surface area (Å²) in [5.41, 5.74) is 2.04. The number of benzene rings is 1. The second-order valence-electron chi connectivity index (χ2n) is 7.73. The van der Waals surface area contributed by atoms with Gasteiger partial charge in [-0.05, 0) is 12.0 Å². The van der Waals surface area contributed by atoms with Crippen LogP contribution in [0.5, 0.6) is 0 Å². The number of nitrogens with one attached hydrogen (secondary N) is 2. The Morgan fingerprint density at radius 3 is 2.88 bits per heavy atom. The lowest BCUT2D eigenvalue weighted by Crippen LogP contribution is -2.42. The minimum atomic E-state index is 0. The number of ether oxygens (including phenoxy) is 1. The fourth-order valence-corrected chi connectivity index (χ4v) is 3.87. The largest absolute Gasteiger partial charge is 0.376 e. The van der Waals surface area contributed by atoms with Crippen molar-refractivity contribution in [3.05, 3.63) is 48.4 Å². The third kappa shape index (κ3) is 6.06. The van der Waals surface area contributed by atoms with Crippen molar-refractivity contribution in [1.29, 1.82) is 0 Å². The van der Waals surface area contributed by atoms with Gasteiger partial charge in [0.25, 0.3) is 0 Å². The SMILES string of the molecule is CN=C(NCCNc1ncnc2c1cnn2C)N1CCC(COCc2ccccc2)C1.I. The molecule has 1 unspecified atom stereocenters. The number of guanidine groups is 1. The summed E-state index contributed by atoms with van der Waals surface area (Å²) in [6, 6.07) is 10.3. The van der Waals surface area contributed by atoms with Crippen molar-refractivity contribution < 1.29 is 4.74 Å². The van der Waals surface area contributed by atoms with Gasteiger partial charge in [-0.3, -0.25) is 9.67 Å². The van der Waals surface area contributed by atoms with Crippen LogP contribution >= 0.6 is 24.0 Å². The minimum absolute atomic E-state index is 0. The van der Waals surface area contributed by atoms with Crippen LogP contribution in [-0.2, 0) is 18.4 Å². The van der Waals surface area contributed by atoms with Gasteiger partial charge in [0.1, 0.15) is 12.1 Å². The highest BCUT2D eigenvalue weighted by molar-refractivity contribution is 14.0. The maximum absolute atomic E-state index is 5.93. The molecule has 0 aliphatic carbocycles. The van der Waals surface area contributed by atoms with E-state index in [4.69, 9.17) is 4.74 Å². The summed E-state index contributed by atoms with van der Waals surface area (Å²) in [6.45, 7) is 4.86. The first-order chi connectivity index (χ1) is 15.2. The number of hydrogen-bond donors (Lipinski definition) is 2. The number of halogens is 1. The van der Waals surface area contributed by atoms with E-state index in [2.05, 4.69) is 47.7 Å². The van der Waals surface area contributed by atoms with Crippen molar-refractivity contribution in [3.63, 3.8) is 0 Å². The smallest absolute Gasteiger partial charge is 0.193 e. The molecule has 9 nitrogen and oxygen atoms in total. The van der Waals surface area contributed by atoms with Crippen molar-refractivity contribution in [2.45, 2.75) is 13.0 Å². The van der Waals surface area contributed by atoms with Gasteiger partial charge >= 0.3 is 0 Å². The van der Waals surface area contributed by atoms with Crippen molar-refractivity contribution in [1.82, 2.24) is 30.0 Å². The molecule has 0 spiro atoms. The third-order valence-electron chi connectivity index (χ3n) is 5.49. The molecule has 3 heterocycles. The quantitative estimate of drug-likeness (QED) is 0.193. The van der Waals surface area contributed by atoms with Crippen molar-refractivity contribution in [3.8, 4) is 0 Å². The average molecular weight is 550 g/mol. The third-order valence-corrected chi connectivity index (χ3v) is 5.49. The Morgan fingerprint density at radius 1 is 1.22 bits per heavy atom. The Bertz CT molecular complexity index is 1010. The molecule has 172 valence electrons. The zero-order valence-electron chi connectivity index (χ0n) is 18.6. The molecule has 1 saturated heterocycles. The first-order valence-corrected chi connectivity index (χ1v) is 10.7. The van der Waals surface area contributed by atoms with Gasteiger partial charge in [-0.15, -0.1) is 24.0 Å². The molecule has 10 heteroatoms. The van der Waals surface area contributed by atoms with Gasteiger partial charge in [0.15, 0.2) is 11.6 Å². The van der Waals surface area contributed by atoms with Crippen LogP contribution in [-0.4, -0.2) is 70.4 Å². The van der Waals surface area contributed by atoms with Crippen LogP contribution in [0.15, 0.2) is 47.8 Å². The Kier molecular flexibility index (Phi) is 9.03. The lowest BCUT2D eigenvalue weighted by atomic mass is 10.1. The van der Waals surface area contributed by atoms with E-state index in [1.165, 1.54) is 5.56 Å². The molecule has 0 saturated carbocycles. The number of hydrogen-bond acceptors (Lipinski definition) is 6. The summed E-state index contributed by atoms with van der Waals surface area (Å²) < 4.78 is 7.68. The van der Waals surface area contributed by atoms with Crippen molar-refractivity contribution in [2.75, 3.05) is 45.2 Å². The number of fused-ring (bicyclic) bond motifs is 1. The topological polar surface area (TPSA) is 92.5 Å². The Labute approximate surface area is 205 Å². The summed E-state index contributed by atoms with van der Waals surface area (Å²) in [4.78, 5) is 15.4. The summed E-state index contributed by atoms with van der Waals surface area (Å²) in [7, 11) is 3.71. The molecule has 1 aliphatic rings. The van der Waals surface area contributed by atoms with Crippen LogP contribution in [0, 0.1) is 5.92 Å². The summed E-state index contributed by atoms with van der Waals surface area (Å²) in [5.74, 6) is 2.26. The highest BCUT2D eigenvalue weighted by Crippen LogP contribution is 2.18. The van der Waals surface area contributed by atoms with Gasteiger partial charge in [-0.25, -0.2) is 9.97 Å². The highest BCUT2D eigenvalue weighted by atomic mass is 127.